The van der Waals surface area contributed by atoms with Crippen LogP contribution in [0, 0.1) is 0 Å². The zero-order valence-electron chi connectivity index (χ0n) is 17.5. The Labute approximate surface area is 200 Å². The lowest BCUT2D eigenvalue weighted by atomic mass is 10.0. The smallest absolute Gasteiger partial charge is 0.225 e. The summed E-state index contributed by atoms with van der Waals surface area (Å²) in [4.78, 5) is 19.0. The van der Waals surface area contributed by atoms with Crippen molar-refractivity contribution in [2.24, 2.45) is 0 Å². The molecule has 158 valence electrons. The maximum absolute atomic E-state index is 12.8. The molecule has 0 aliphatic carbocycles. The molecule has 30 heavy (non-hydrogen) atoms. The molecule has 1 aromatic carbocycles. The van der Waals surface area contributed by atoms with E-state index in [2.05, 4.69) is 67.2 Å². The van der Waals surface area contributed by atoms with E-state index in [1.54, 1.807) is 6.20 Å². The van der Waals surface area contributed by atoms with Crippen LogP contribution >= 0.6 is 22.9 Å². The van der Waals surface area contributed by atoms with E-state index in [4.69, 9.17) is 9.47 Å². The number of fused-ring (bicyclic) bond motifs is 1. The minimum atomic E-state index is -0.0277. The molecule has 1 atom stereocenters. The first-order valence-electron chi connectivity index (χ1n) is 10.4. The summed E-state index contributed by atoms with van der Waals surface area (Å²) >= 11 is 5.09. The van der Waals surface area contributed by atoms with E-state index in [1.807, 2.05) is 23.2 Å². The summed E-state index contributed by atoms with van der Waals surface area (Å²) in [5.74, 6) is 1.06. The minimum absolute atomic E-state index is 0.0176. The summed E-state index contributed by atoms with van der Waals surface area (Å²) in [6.45, 7) is 7.22. The number of piperidine rings is 1. The van der Waals surface area contributed by atoms with Gasteiger partial charge in [0.15, 0.2) is 16.3 Å². The number of rotatable bonds is 4. The number of likely N-dealkylation sites (tertiary alicyclic amines) is 1. The summed E-state index contributed by atoms with van der Waals surface area (Å²) < 4.78 is 15.6. The average Bonchev–Trinajstić information content (AvgIpc) is 2.71. The van der Waals surface area contributed by atoms with Crippen molar-refractivity contribution in [3.8, 4) is 5.75 Å². The Kier molecular flexibility index (Phi) is 6.90. The lowest BCUT2D eigenvalue weighted by Gasteiger charge is -2.42. The van der Waals surface area contributed by atoms with Gasteiger partial charge in [-0.05, 0) is 31.4 Å². The van der Waals surface area contributed by atoms with E-state index in [1.165, 1.54) is 0 Å². The third kappa shape index (κ3) is 5.10. The number of amides is 1. The van der Waals surface area contributed by atoms with Gasteiger partial charge in [-0.3, -0.25) is 9.78 Å². The second-order valence-corrected chi connectivity index (χ2v) is 10.6. The number of aromatic nitrogens is 1. The standard InChI is InChI=1S/C22H27IN3O3.Al/c1-22(2)15-28-18(14-26(22)23)12-21(27)25-10-7-17(8-11-25)29-20-5-3-4-16-6-9-24-13-19(16)20;/h4-6,9,13,17-18H,7-8,10-12,14-15H2,1-2H3;/t18-;/m0./s1. The molecule has 1 amide bonds. The predicted octanol–water partition coefficient (Wildman–Crippen LogP) is 2.62. The Morgan fingerprint density at radius 2 is 2.13 bits per heavy atom. The molecule has 0 bridgehead atoms. The first-order valence-corrected chi connectivity index (χ1v) is 12.0. The highest BCUT2D eigenvalue weighted by Gasteiger charge is 2.35. The van der Waals surface area contributed by atoms with Gasteiger partial charge in [-0.2, -0.15) is 0 Å². The van der Waals surface area contributed by atoms with Crippen LogP contribution in [0.3, 0.4) is 0 Å². The molecule has 2 aliphatic rings. The summed E-state index contributed by atoms with van der Waals surface area (Å²) in [5, 5.41) is 2.16. The normalized spacial score (nSPS) is 22.9. The molecular formula is C22H27AlIN3O3. The lowest BCUT2D eigenvalue weighted by molar-refractivity contribution is -0.139. The molecule has 0 unspecified atom stereocenters. The number of ether oxygens (including phenoxy) is 2. The van der Waals surface area contributed by atoms with Crippen LogP contribution in [-0.2, 0) is 9.53 Å². The van der Waals surface area contributed by atoms with Gasteiger partial charge in [0, 0.05) is 78.7 Å². The van der Waals surface area contributed by atoms with E-state index in [0.717, 1.165) is 53.4 Å². The molecule has 6 nitrogen and oxygen atoms in total. The highest BCUT2D eigenvalue weighted by atomic mass is 127. The molecule has 0 saturated carbocycles. The molecule has 2 radical (unpaired) electrons. The van der Waals surface area contributed by atoms with Gasteiger partial charge in [0.2, 0.25) is 5.91 Å². The maximum Gasteiger partial charge on any atom is 0.225 e. The fourth-order valence-corrected chi connectivity index (χ4v) is 4.91. The van der Waals surface area contributed by atoms with Gasteiger partial charge >= 0.3 is 0 Å². The third-order valence-corrected chi connectivity index (χ3v) is 7.96. The fourth-order valence-electron chi connectivity index (χ4n) is 4.01. The quantitative estimate of drug-likeness (QED) is 0.343. The molecule has 2 aliphatic heterocycles. The van der Waals surface area contributed by atoms with E-state index in [0.29, 0.717) is 13.0 Å². The first-order chi connectivity index (χ1) is 14.3. The Bertz CT molecular complexity index is 918. The highest BCUT2D eigenvalue weighted by Crippen LogP contribution is 2.28. The van der Waals surface area contributed by atoms with Crippen molar-refractivity contribution in [3.63, 3.8) is 0 Å². The summed E-state index contributed by atoms with van der Waals surface area (Å²) in [6.07, 6.45) is 5.87. The van der Waals surface area contributed by atoms with E-state index < -0.39 is 0 Å². The van der Waals surface area contributed by atoms with Gasteiger partial charge in [-0.1, -0.05) is 6.07 Å². The second kappa shape index (κ2) is 9.29. The van der Waals surface area contributed by atoms with Crippen LogP contribution in [0.4, 0.5) is 0 Å². The van der Waals surface area contributed by atoms with Crippen LogP contribution in [0.2, 0.25) is 0 Å². The molecule has 3 heterocycles. The molecule has 2 aromatic rings. The van der Waals surface area contributed by atoms with E-state index >= 15 is 0 Å². The van der Waals surface area contributed by atoms with Crippen LogP contribution < -0.4 is 9.16 Å². The zero-order chi connectivity index (χ0) is 21.3. The summed E-state index contributed by atoms with van der Waals surface area (Å²) in [7, 11) is 0. The summed E-state index contributed by atoms with van der Waals surface area (Å²) in [6, 6.07) is 6.16. The Morgan fingerprint density at radius 1 is 1.37 bits per heavy atom. The number of morpholine rings is 1. The molecule has 0 spiro atoms. The second-order valence-electron chi connectivity index (χ2n) is 8.81. The maximum atomic E-state index is 12.8. The van der Waals surface area contributed by atoms with E-state index in [9.17, 15) is 4.79 Å². The molecule has 0 N–H and O–H groups in total. The first kappa shape index (κ1) is 22.3. The van der Waals surface area contributed by atoms with Crippen LogP contribution in [0.25, 0.3) is 10.8 Å². The van der Waals surface area contributed by atoms with Gasteiger partial charge < -0.3 is 14.4 Å². The lowest BCUT2D eigenvalue weighted by Crippen LogP contribution is -2.52. The molecule has 2 saturated heterocycles. The number of hydrogen-bond acceptors (Lipinski definition) is 5. The summed E-state index contributed by atoms with van der Waals surface area (Å²) in [5.41, 5.74) is 0.0176. The van der Waals surface area contributed by atoms with E-state index in [-0.39, 0.29) is 23.7 Å². The Morgan fingerprint density at radius 3 is 2.87 bits per heavy atom. The monoisotopic (exact) mass is 535 g/mol. The van der Waals surface area contributed by atoms with Gasteiger partial charge in [0.25, 0.3) is 0 Å². The molecule has 1 aromatic heterocycles. The van der Waals surface area contributed by atoms with Crippen molar-refractivity contribution in [3.05, 3.63) is 30.6 Å². The molecule has 8 heteroatoms. The molecule has 2 fully saturated rings. The molecular weight excluding hydrogens is 508 g/mol. The third-order valence-electron chi connectivity index (χ3n) is 5.92. The van der Waals surface area contributed by atoms with Crippen LogP contribution in [0.1, 0.15) is 33.1 Å². The number of hydrogen-bond donors (Lipinski definition) is 0. The Balaban J connectivity index is 1.31. The fraction of sp³-hybridized carbons (Fsp3) is 0.545. The largest absolute Gasteiger partial charge is 0.490 e. The predicted molar refractivity (Wildman–Crippen MR) is 127 cm³/mol. The number of pyridine rings is 1. The highest BCUT2D eigenvalue weighted by molar-refractivity contribution is 14.1. The SMILES string of the molecule is CC1(C)CO[C@@H](CC(=O)N2CCC(Oc3c[c]([Al])cc4ccncc34)CC2)CN1I. The van der Waals surface area contributed by atoms with Crippen molar-refractivity contribution >= 4 is 60.3 Å². The number of benzene rings is 1. The average molecular weight is 535 g/mol. The topological polar surface area (TPSA) is 54.9 Å². The number of nitrogens with zero attached hydrogens (tertiary/aromatic N) is 3. The van der Waals surface area contributed by atoms with Crippen LogP contribution in [-0.4, -0.2) is 79.2 Å². The number of carbonyl (C=O) groups excluding carboxylic acids is 1. The van der Waals surface area contributed by atoms with Crippen molar-refractivity contribution in [1.82, 2.24) is 13.0 Å². The van der Waals surface area contributed by atoms with Crippen molar-refractivity contribution in [1.29, 1.82) is 0 Å². The van der Waals surface area contributed by atoms with Gasteiger partial charge in [-0.25, -0.2) is 3.11 Å². The minimum Gasteiger partial charge on any atom is -0.490 e. The van der Waals surface area contributed by atoms with Gasteiger partial charge in [0.05, 0.1) is 19.1 Å². The number of halogens is 1. The van der Waals surface area contributed by atoms with Crippen molar-refractivity contribution in [2.75, 3.05) is 26.2 Å². The van der Waals surface area contributed by atoms with Gasteiger partial charge in [0.1, 0.15) is 11.9 Å². The van der Waals surface area contributed by atoms with Gasteiger partial charge in [-0.15, -0.1) is 4.43 Å². The van der Waals surface area contributed by atoms with Crippen LogP contribution in [0.5, 0.6) is 5.75 Å². The van der Waals surface area contributed by atoms with Crippen LogP contribution in [0.15, 0.2) is 30.6 Å². The van der Waals surface area contributed by atoms with Crippen molar-refractivity contribution < 1.29 is 14.3 Å². The zero-order valence-corrected chi connectivity index (χ0v) is 20.8. The Hall–Kier alpha value is -0.918. The number of carbonyl (C=O) groups is 1. The molecule has 4 rings (SSSR count). The van der Waals surface area contributed by atoms with Crippen molar-refractivity contribution in [2.45, 2.75) is 50.9 Å².